The van der Waals surface area contributed by atoms with E-state index < -0.39 is 0 Å². The third-order valence-electron chi connectivity index (χ3n) is 4.93. The topological polar surface area (TPSA) is 45.7 Å². The minimum absolute atomic E-state index is 0.124. The van der Waals surface area contributed by atoms with Gasteiger partial charge in [0.25, 0.3) is 0 Å². The molecule has 0 aliphatic heterocycles. The van der Waals surface area contributed by atoms with Crippen molar-refractivity contribution < 1.29 is 4.74 Å². The van der Waals surface area contributed by atoms with Crippen molar-refractivity contribution in [3.05, 3.63) is 29.8 Å². The van der Waals surface area contributed by atoms with Crippen molar-refractivity contribution in [2.45, 2.75) is 44.2 Å². The van der Waals surface area contributed by atoms with E-state index in [1.807, 2.05) is 19.2 Å². The Balaban J connectivity index is 1.66. The van der Waals surface area contributed by atoms with Crippen molar-refractivity contribution in [3.63, 3.8) is 0 Å². The molecule has 1 aromatic carbocycles. The molecule has 0 aromatic heterocycles. The van der Waals surface area contributed by atoms with Crippen molar-refractivity contribution >= 4 is 5.96 Å². The fourth-order valence-electron chi connectivity index (χ4n) is 3.02. The fourth-order valence-corrected chi connectivity index (χ4v) is 3.02. The lowest BCUT2D eigenvalue weighted by molar-refractivity contribution is 0.404. The van der Waals surface area contributed by atoms with Gasteiger partial charge in [-0.1, -0.05) is 32.0 Å². The van der Waals surface area contributed by atoms with Crippen LogP contribution in [0, 0.1) is 5.92 Å². The maximum absolute atomic E-state index is 5.51. The predicted octanol–water partition coefficient (Wildman–Crippen LogP) is 2.30. The quantitative estimate of drug-likeness (QED) is 0.660. The number of ether oxygens (including phenoxy) is 1. The van der Waals surface area contributed by atoms with Crippen LogP contribution in [0.3, 0.4) is 0 Å². The smallest absolute Gasteiger partial charge is 0.191 e. The molecule has 21 heavy (non-hydrogen) atoms. The molecule has 1 aromatic rings. The van der Waals surface area contributed by atoms with Gasteiger partial charge in [0.1, 0.15) is 5.75 Å². The van der Waals surface area contributed by atoms with Gasteiger partial charge in [0.05, 0.1) is 7.11 Å². The third kappa shape index (κ3) is 2.71. The van der Waals surface area contributed by atoms with Crippen molar-refractivity contribution in [1.29, 1.82) is 0 Å². The summed E-state index contributed by atoms with van der Waals surface area (Å²) in [5.41, 5.74) is 1.40. The second kappa shape index (κ2) is 5.24. The van der Waals surface area contributed by atoms with Gasteiger partial charge in [-0.05, 0) is 24.8 Å². The van der Waals surface area contributed by atoms with Crippen LogP contribution < -0.4 is 15.4 Å². The molecule has 0 saturated heterocycles. The Bertz CT molecular complexity index is 557. The average molecular weight is 287 g/mol. The Morgan fingerprint density at radius 2 is 2.05 bits per heavy atom. The molecule has 0 radical (unpaired) electrons. The molecule has 2 fully saturated rings. The minimum atomic E-state index is 0.124. The summed E-state index contributed by atoms with van der Waals surface area (Å²) in [6, 6.07) is 9.30. The van der Waals surface area contributed by atoms with Gasteiger partial charge in [0, 0.05) is 30.1 Å². The van der Waals surface area contributed by atoms with Crippen molar-refractivity contribution in [3.8, 4) is 5.75 Å². The summed E-state index contributed by atoms with van der Waals surface area (Å²) in [5.74, 6) is 2.67. The lowest BCUT2D eigenvalue weighted by atomic mass is 9.96. The SMILES string of the molecule is CN=C(NC1CC1C)NC1CC1(C)c1ccccc1OC. The molecule has 3 rings (SSSR count). The van der Waals surface area contributed by atoms with E-state index >= 15 is 0 Å². The van der Waals surface area contributed by atoms with Crippen LogP contribution in [0.2, 0.25) is 0 Å². The molecular weight excluding hydrogens is 262 g/mol. The normalized spacial score (nSPS) is 34.3. The zero-order valence-electron chi connectivity index (χ0n) is 13.3. The molecule has 0 spiro atoms. The summed E-state index contributed by atoms with van der Waals surface area (Å²) in [6.45, 7) is 4.55. The second-order valence-electron chi connectivity index (χ2n) is 6.55. The lowest BCUT2D eigenvalue weighted by Gasteiger charge is -2.18. The van der Waals surface area contributed by atoms with E-state index in [1.54, 1.807) is 7.11 Å². The summed E-state index contributed by atoms with van der Waals surface area (Å²) in [4.78, 5) is 4.35. The van der Waals surface area contributed by atoms with Crippen LogP contribution in [0.4, 0.5) is 0 Å². The van der Waals surface area contributed by atoms with Gasteiger partial charge < -0.3 is 15.4 Å². The van der Waals surface area contributed by atoms with E-state index in [9.17, 15) is 0 Å². The Labute approximate surface area is 127 Å². The first-order valence-electron chi connectivity index (χ1n) is 7.72. The molecular formula is C17H25N3O. The zero-order valence-corrected chi connectivity index (χ0v) is 13.3. The van der Waals surface area contributed by atoms with Gasteiger partial charge in [-0.3, -0.25) is 4.99 Å². The summed E-state index contributed by atoms with van der Waals surface area (Å²) >= 11 is 0. The van der Waals surface area contributed by atoms with Crippen LogP contribution in [0.15, 0.2) is 29.3 Å². The van der Waals surface area contributed by atoms with Gasteiger partial charge in [-0.25, -0.2) is 0 Å². The molecule has 114 valence electrons. The number of para-hydroxylation sites is 1. The van der Waals surface area contributed by atoms with E-state index in [0.29, 0.717) is 12.1 Å². The molecule has 2 aliphatic rings. The Morgan fingerprint density at radius 3 is 2.67 bits per heavy atom. The number of hydrogen-bond donors (Lipinski definition) is 2. The van der Waals surface area contributed by atoms with Gasteiger partial charge in [-0.15, -0.1) is 0 Å². The second-order valence-corrected chi connectivity index (χ2v) is 6.55. The standard InChI is InChI=1S/C17H25N3O/c1-11-9-13(11)19-16(18-3)20-15-10-17(15,2)12-7-5-6-8-14(12)21-4/h5-8,11,13,15H,9-10H2,1-4H3,(H2,18,19,20). The van der Waals surface area contributed by atoms with Gasteiger partial charge in [0.2, 0.25) is 0 Å². The molecule has 0 amide bonds. The molecule has 0 bridgehead atoms. The van der Waals surface area contributed by atoms with Crippen LogP contribution in [-0.4, -0.2) is 32.2 Å². The van der Waals surface area contributed by atoms with Gasteiger partial charge in [-0.2, -0.15) is 0 Å². The van der Waals surface area contributed by atoms with Crippen LogP contribution in [-0.2, 0) is 5.41 Å². The maximum Gasteiger partial charge on any atom is 0.191 e. The van der Waals surface area contributed by atoms with E-state index in [4.69, 9.17) is 4.74 Å². The number of benzene rings is 1. The molecule has 4 atom stereocenters. The average Bonchev–Trinajstić information content (AvgIpc) is 3.37. The minimum Gasteiger partial charge on any atom is -0.496 e. The number of aliphatic imine (C=N–C) groups is 1. The molecule has 4 heteroatoms. The van der Waals surface area contributed by atoms with E-state index in [1.165, 1.54) is 12.0 Å². The largest absolute Gasteiger partial charge is 0.496 e. The molecule has 4 nitrogen and oxygen atoms in total. The van der Waals surface area contributed by atoms with Crippen molar-refractivity contribution in [2.75, 3.05) is 14.2 Å². The third-order valence-corrected chi connectivity index (χ3v) is 4.93. The van der Waals surface area contributed by atoms with Crippen molar-refractivity contribution in [2.24, 2.45) is 10.9 Å². The van der Waals surface area contributed by atoms with E-state index in [-0.39, 0.29) is 5.41 Å². The zero-order chi connectivity index (χ0) is 15.0. The number of hydrogen-bond acceptors (Lipinski definition) is 2. The lowest BCUT2D eigenvalue weighted by Crippen LogP contribution is -2.42. The van der Waals surface area contributed by atoms with Crippen LogP contribution in [0.25, 0.3) is 0 Å². The number of nitrogens with one attached hydrogen (secondary N) is 2. The summed E-state index contributed by atoms with van der Waals surface area (Å²) in [7, 11) is 3.58. The molecule has 2 N–H and O–H groups in total. The highest BCUT2D eigenvalue weighted by molar-refractivity contribution is 5.81. The highest BCUT2D eigenvalue weighted by Crippen LogP contribution is 2.51. The van der Waals surface area contributed by atoms with Crippen LogP contribution >= 0.6 is 0 Å². The summed E-state index contributed by atoms with van der Waals surface area (Å²) in [5, 5.41) is 7.04. The Hall–Kier alpha value is -1.71. The number of nitrogens with zero attached hydrogens (tertiary/aromatic N) is 1. The van der Waals surface area contributed by atoms with E-state index in [2.05, 4.69) is 41.6 Å². The monoisotopic (exact) mass is 287 g/mol. The summed E-state index contributed by atoms with van der Waals surface area (Å²) < 4.78 is 5.51. The number of methoxy groups -OCH3 is 1. The summed E-state index contributed by atoms with van der Waals surface area (Å²) in [6.07, 6.45) is 2.35. The van der Waals surface area contributed by atoms with Crippen LogP contribution in [0.5, 0.6) is 5.75 Å². The maximum atomic E-state index is 5.51. The first kappa shape index (κ1) is 14.2. The Morgan fingerprint density at radius 1 is 1.33 bits per heavy atom. The molecule has 4 unspecified atom stereocenters. The first-order chi connectivity index (χ1) is 10.1. The van der Waals surface area contributed by atoms with Gasteiger partial charge in [0.15, 0.2) is 5.96 Å². The molecule has 2 aliphatic carbocycles. The predicted molar refractivity (Wildman–Crippen MR) is 86.0 cm³/mol. The first-order valence-corrected chi connectivity index (χ1v) is 7.72. The van der Waals surface area contributed by atoms with Gasteiger partial charge >= 0.3 is 0 Å². The highest BCUT2D eigenvalue weighted by Gasteiger charge is 2.53. The van der Waals surface area contributed by atoms with E-state index in [0.717, 1.165) is 24.0 Å². The fraction of sp³-hybridized carbons (Fsp3) is 0.588. The van der Waals surface area contributed by atoms with Crippen LogP contribution in [0.1, 0.15) is 32.3 Å². The Kier molecular flexibility index (Phi) is 3.56. The van der Waals surface area contributed by atoms with Crippen molar-refractivity contribution in [1.82, 2.24) is 10.6 Å². The molecule has 2 saturated carbocycles. The number of rotatable bonds is 4. The molecule has 0 heterocycles. The number of guanidine groups is 1. The highest BCUT2D eigenvalue weighted by atomic mass is 16.5.